The first-order chi connectivity index (χ1) is 11.8. The molecule has 140 valence electrons. The monoisotopic (exact) mass is 366 g/mol. The Morgan fingerprint density at radius 1 is 1.28 bits per heavy atom. The molecule has 0 saturated carbocycles. The molecule has 0 aliphatic carbocycles. The first kappa shape index (κ1) is 19.8. The molecule has 1 heterocycles. The maximum absolute atomic E-state index is 12.9. The van der Waals surface area contributed by atoms with Gasteiger partial charge in [0, 0.05) is 12.6 Å². The second-order valence-corrected chi connectivity index (χ2v) is 8.76. The number of piperidine rings is 1. The van der Waals surface area contributed by atoms with Crippen LogP contribution in [0.2, 0.25) is 0 Å². The maximum Gasteiger partial charge on any atom is 0.243 e. The standard InChI is InChI=1S/C19H30N2O3S/c1-5-16-11-9-10-15(3)19(16)21(25(4,23)24)14-18(22)20-13-8-7-12-17(20)6-2/h9-11,17H,5-8,12-14H2,1-4H3. The Labute approximate surface area is 152 Å². The van der Waals surface area contributed by atoms with Gasteiger partial charge in [0.2, 0.25) is 15.9 Å². The summed E-state index contributed by atoms with van der Waals surface area (Å²) >= 11 is 0. The van der Waals surface area contributed by atoms with Crippen molar-refractivity contribution in [2.45, 2.75) is 58.9 Å². The van der Waals surface area contributed by atoms with Gasteiger partial charge in [-0.25, -0.2) is 8.42 Å². The van der Waals surface area contributed by atoms with Crippen molar-refractivity contribution in [2.24, 2.45) is 0 Å². The van der Waals surface area contributed by atoms with Gasteiger partial charge in [-0.15, -0.1) is 0 Å². The predicted octanol–water partition coefficient (Wildman–Crippen LogP) is 3.11. The molecule has 1 unspecified atom stereocenters. The zero-order valence-electron chi connectivity index (χ0n) is 15.8. The first-order valence-corrected chi connectivity index (χ1v) is 11.0. The van der Waals surface area contributed by atoms with Crippen LogP contribution >= 0.6 is 0 Å². The Balaban J connectivity index is 2.36. The van der Waals surface area contributed by atoms with Crippen molar-refractivity contribution >= 4 is 21.6 Å². The maximum atomic E-state index is 12.9. The van der Waals surface area contributed by atoms with E-state index in [4.69, 9.17) is 0 Å². The van der Waals surface area contributed by atoms with Crippen molar-refractivity contribution in [3.05, 3.63) is 29.3 Å². The van der Waals surface area contributed by atoms with Crippen LogP contribution in [0.4, 0.5) is 5.69 Å². The zero-order valence-corrected chi connectivity index (χ0v) is 16.6. The summed E-state index contributed by atoms with van der Waals surface area (Å²) in [5.41, 5.74) is 2.48. The molecule has 1 aromatic rings. The Kier molecular flexibility index (Phi) is 6.49. The second kappa shape index (κ2) is 8.21. The molecular weight excluding hydrogens is 336 g/mol. The quantitative estimate of drug-likeness (QED) is 0.777. The Hall–Kier alpha value is -1.56. The van der Waals surface area contributed by atoms with Gasteiger partial charge in [0.1, 0.15) is 6.54 Å². The lowest BCUT2D eigenvalue weighted by molar-refractivity contribution is -0.133. The van der Waals surface area contributed by atoms with E-state index in [1.807, 2.05) is 36.9 Å². The third kappa shape index (κ3) is 4.54. The zero-order chi connectivity index (χ0) is 18.6. The van der Waals surface area contributed by atoms with Gasteiger partial charge >= 0.3 is 0 Å². The SMILES string of the molecule is CCc1cccc(C)c1N(CC(=O)N1CCCCC1CC)S(C)(=O)=O. The van der Waals surface area contributed by atoms with Gasteiger partial charge in [-0.05, 0) is 50.2 Å². The van der Waals surface area contributed by atoms with E-state index in [1.165, 1.54) is 10.6 Å². The molecule has 1 aliphatic heterocycles. The first-order valence-electron chi connectivity index (χ1n) is 9.15. The molecule has 0 bridgehead atoms. The van der Waals surface area contributed by atoms with E-state index in [1.54, 1.807) is 0 Å². The number of carbonyl (C=O) groups excluding carboxylic acids is 1. The highest BCUT2D eigenvalue weighted by Gasteiger charge is 2.30. The van der Waals surface area contributed by atoms with E-state index in [2.05, 4.69) is 6.92 Å². The summed E-state index contributed by atoms with van der Waals surface area (Å²) in [6.45, 7) is 6.59. The van der Waals surface area contributed by atoms with E-state index in [0.29, 0.717) is 5.69 Å². The number of anilines is 1. The van der Waals surface area contributed by atoms with E-state index < -0.39 is 10.0 Å². The van der Waals surface area contributed by atoms with E-state index in [0.717, 1.165) is 49.8 Å². The Morgan fingerprint density at radius 2 is 2.00 bits per heavy atom. The fourth-order valence-corrected chi connectivity index (χ4v) is 4.63. The van der Waals surface area contributed by atoms with Crippen LogP contribution in [0, 0.1) is 6.92 Å². The van der Waals surface area contributed by atoms with Crippen molar-refractivity contribution in [2.75, 3.05) is 23.7 Å². The summed E-state index contributed by atoms with van der Waals surface area (Å²) in [5.74, 6) is -0.0951. The third-order valence-electron chi connectivity index (χ3n) is 5.05. The molecule has 0 radical (unpaired) electrons. The summed E-state index contributed by atoms with van der Waals surface area (Å²) in [7, 11) is -3.55. The van der Waals surface area contributed by atoms with Crippen LogP contribution in [-0.4, -0.2) is 44.6 Å². The van der Waals surface area contributed by atoms with E-state index >= 15 is 0 Å². The Bertz CT molecular complexity index is 715. The molecule has 5 nitrogen and oxygen atoms in total. The summed E-state index contributed by atoms with van der Waals surface area (Å²) in [4.78, 5) is 14.8. The summed E-state index contributed by atoms with van der Waals surface area (Å²) in [6.07, 6.45) is 5.95. The summed E-state index contributed by atoms with van der Waals surface area (Å²) < 4.78 is 26.3. The molecule has 0 N–H and O–H groups in total. The number of carbonyl (C=O) groups is 1. The number of nitrogens with zero attached hydrogens (tertiary/aromatic N) is 2. The van der Waals surface area contributed by atoms with E-state index in [9.17, 15) is 13.2 Å². The van der Waals surface area contributed by atoms with Crippen LogP contribution < -0.4 is 4.31 Å². The van der Waals surface area contributed by atoms with Gasteiger partial charge < -0.3 is 4.90 Å². The molecule has 25 heavy (non-hydrogen) atoms. The number of rotatable bonds is 6. The van der Waals surface area contributed by atoms with Gasteiger partial charge in [-0.2, -0.15) is 0 Å². The topological polar surface area (TPSA) is 57.7 Å². The third-order valence-corrected chi connectivity index (χ3v) is 6.16. The fourth-order valence-electron chi connectivity index (χ4n) is 3.69. The van der Waals surface area contributed by atoms with Gasteiger partial charge in [-0.3, -0.25) is 9.10 Å². The molecule has 2 rings (SSSR count). The normalized spacial score (nSPS) is 18.2. The highest BCUT2D eigenvalue weighted by molar-refractivity contribution is 7.92. The number of benzene rings is 1. The highest BCUT2D eigenvalue weighted by Crippen LogP contribution is 2.28. The van der Waals surface area contributed by atoms with Gasteiger partial charge in [-0.1, -0.05) is 32.0 Å². The number of aryl methyl sites for hydroxylation is 2. The van der Waals surface area contributed by atoms with Crippen LogP contribution in [-0.2, 0) is 21.2 Å². The molecule has 6 heteroatoms. The number of para-hydroxylation sites is 1. The van der Waals surface area contributed by atoms with Gasteiger partial charge in [0.05, 0.1) is 11.9 Å². The smallest absolute Gasteiger partial charge is 0.243 e. The highest BCUT2D eigenvalue weighted by atomic mass is 32.2. The minimum absolute atomic E-state index is 0.0951. The average Bonchev–Trinajstić information content (AvgIpc) is 2.58. The van der Waals surface area contributed by atoms with Crippen LogP contribution in [0.5, 0.6) is 0 Å². The van der Waals surface area contributed by atoms with Crippen LogP contribution in [0.25, 0.3) is 0 Å². The average molecular weight is 367 g/mol. The van der Waals surface area contributed by atoms with Crippen LogP contribution in [0.1, 0.15) is 50.7 Å². The Morgan fingerprint density at radius 3 is 2.60 bits per heavy atom. The van der Waals surface area contributed by atoms with Crippen molar-refractivity contribution in [3.63, 3.8) is 0 Å². The minimum Gasteiger partial charge on any atom is -0.338 e. The molecule has 1 aliphatic rings. The van der Waals surface area contributed by atoms with Crippen LogP contribution in [0.3, 0.4) is 0 Å². The predicted molar refractivity (Wildman–Crippen MR) is 102 cm³/mol. The molecular formula is C19H30N2O3S. The molecule has 1 atom stereocenters. The number of hydrogen-bond acceptors (Lipinski definition) is 3. The number of amides is 1. The van der Waals surface area contributed by atoms with Crippen LogP contribution in [0.15, 0.2) is 18.2 Å². The largest absolute Gasteiger partial charge is 0.338 e. The number of sulfonamides is 1. The number of likely N-dealkylation sites (tertiary alicyclic amines) is 1. The lowest BCUT2D eigenvalue weighted by Crippen LogP contribution is -2.49. The van der Waals surface area contributed by atoms with Crippen molar-refractivity contribution in [1.29, 1.82) is 0 Å². The molecule has 1 saturated heterocycles. The molecule has 1 fully saturated rings. The molecule has 1 amide bonds. The second-order valence-electron chi connectivity index (χ2n) is 6.85. The number of hydrogen-bond donors (Lipinski definition) is 0. The van der Waals surface area contributed by atoms with Crippen molar-refractivity contribution in [3.8, 4) is 0 Å². The molecule has 0 aromatic heterocycles. The summed E-state index contributed by atoms with van der Waals surface area (Å²) in [5, 5.41) is 0. The lowest BCUT2D eigenvalue weighted by Gasteiger charge is -2.37. The fraction of sp³-hybridized carbons (Fsp3) is 0.632. The van der Waals surface area contributed by atoms with Gasteiger partial charge in [0.25, 0.3) is 0 Å². The molecule has 1 aromatic carbocycles. The minimum atomic E-state index is -3.55. The summed E-state index contributed by atoms with van der Waals surface area (Å²) in [6, 6.07) is 5.98. The van der Waals surface area contributed by atoms with E-state index in [-0.39, 0.29) is 18.5 Å². The lowest BCUT2D eigenvalue weighted by atomic mass is 10.00. The molecule has 0 spiro atoms. The van der Waals surface area contributed by atoms with Gasteiger partial charge in [0.15, 0.2) is 0 Å². The van der Waals surface area contributed by atoms with Crippen molar-refractivity contribution < 1.29 is 13.2 Å². The van der Waals surface area contributed by atoms with Crippen molar-refractivity contribution in [1.82, 2.24) is 4.90 Å².